The standard InChI is InChI=1S/C22H24N6O3/c23-14-16(21-26-18-4-1-2-5-19(18)31-21)17-7-11-25-22(27-17)24-10-3-6-20(30)28-12-8-15(29)9-13-28/h1-2,4-5,7,11,15-16,29H,3,6,8-10,12-13H2,(H,24,25,27). The summed E-state index contributed by atoms with van der Waals surface area (Å²) in [5, 5.41) is 22.3. The molecule has 1 atom stereocenters. The molecular formula is C22H24N6O3. The molecule has 4 rings (SSSR count). The van der Waals surface area contributed by atoms with E-state index >= 15 is 0 Å². The van der Waals surface area contributed by atoms with Crippen LogP contribution in [0, 0.1) is 11.3 Å². The number of anilines is 1. The van der Waals surface area contributed by atoms with Gasteiger partial charge < -0.3 is 19.7 Å². The second kappa shape index (κ2) is 9.53. The Hall–Kier alpha value is -3.51. The maximum absolute atomic E-state index is 12.3. The zero-order valence-corrected chi connectivity index (χ0v) is 17.1. The Morgan fingerprint density at radius 1 is 1.29 bits per heavy atom. The smallest absolute Gasteiger partial charge is 0.222 e. The number of para-hydroxylation sites is 2. The highest BCUT2D eigenvalue weighted by molar-refractivity contribution is 5.76. The zero-order chi connectivity index (χ0) is 21.6. The van der Waals surface area contributed by atoms with Crippen LogP contribution in [0.3, 0.4) is 0 Å². The van der Waals surface area contributed by atoms with Crippen LogP contribution in [0.5, 0.6) is 0 Å². The summed E-state index contributed by atoms with van der Waals surface area (Å²) in [5.41, 5.74) is 1.81. The minimum absolute atomic E-state index is 0.101. The predicted molar refractivity (Wildman–Crippen MR) is 113 cm³/mol. The summed E-state index contributed by atoms with van der Waals surface area (Å²) in [5.74, 6) is 0.0452. The van der Waals surface area contributed by atoms with Gasteiger partial charge in [0, 0.05) is 32.3 Å². The normalized spacial score (nSPS) is 15.5. The molecule has 0 saturated carbocycles. The first-order valence-corrected chi connectivity index (χ1v) is 10.4. The molecule has 9 heteroatoms. The van der Waals surface area contributed by atoms with Crippen molar-refractivity contribution in [3.63, 3.8) is 0 Å². The number of hydrogen-bond donors (Lipinski definition) is 2. The number of piperidine rings is 1. The molecule has 0 bridgehead atoms. The van der Waals surface area contributed by atoms with E-state index in [4.69, 9.17) is 4.42 Å². The molecule has 1 unspecified atom stereocenters. The Balaban J connectivity index is 1.33. The van der Waals surface area contributed by atoms with E-state index in [-0.39, 0.29) is 12.0 Å². The summed E-state index contributed by atoms with van der Waals surface area (Å²) >= 11 is 0. The molecule has 160 valence electrons. The van der Waals surface area contributed by atoms with Gasteiger partial charge in [-0.2, -0.15) is 5.26 Å². The van der Waals surface area contributed by atoms with Gasteiger partial charge in [0.25, 0.3) is 0 Å². The van der Waals surface area contributed by atoms with Crippen LogP contribution in [-0.2, 0) is 4.79 Å². The van der Waals surface area contributed by atoms with Crippen molar-refractivity contribution in [1.29, 1.82) is 5.26 Å². The number of aliphatic hydroxyl groups excluding tert-OH is 1. The quantitative estimate of drug-likeness (QED) is 0.558. The number of amides is 1. The summed E-state index contributed by atoms with van der Waals surface area (Å²) in [6.07, 6.45) is 3.64. The Bertz CT molecular complexity index is 1050. The number of carbonyl (C=O) groups excluding carboxylic acids is 1. The van der Waals surface area contributed by atoms with Gasteiger partial charge in [-0.1, -0.05) is 12.1 Å². The molecule has 2 N–H and O–H groups in total. The van der Waals surface area contributed by atoms with E-state index in [1.165, 1.54) is 0 Å². The second-order valence-corrected chi connectivity index (χ2v) is 7.53. The predicted octanol–water partition coefficient (Wildman–Crippen LogP) is 2.45. The van der Waals surface area contributed by atoms with Crippen LogP contribution in [0.2, 0.25) is 0 Å². The third-order valence-electron chi connectivity index (χ3n) is 5.33. The summed E-state index contributed by atoms with van der Waals surface area (Å²) in [6.45, 7) is 1.76. The van der Waals surface area contributed by atoms with E-state index < -0.39 is 5.92 Å². The molecule has 1 amide bonds. The average molecular weight is 420 g/mol. The number of benzene rings is 1. The van der Waals surface area contributed by atoms with Crippen molar-refractivity contribution in [3.8, 4) is 6.07 Å². The number of nitrogens with one attached hydrogen (secondary N) is 1. The van der Waals surface area contributed by atoms with Gasteiger partial charge in [-0.05, 0) is 37.5 Å². The van der Waals surface area contributed by atoms with E-state index in [1.54, 1.807) is 18.3 Å². The fourth-order valence-corrected chi connectivity index (χ4v) is 3.59. The maximum Gasteiger partial charge on any atom is 0.222 e. The van der Waals surface area contributed by atoms with Gasteiger partial charge in [-0.25, -0.2) is 15.0 Å². The van der Waals surface area contributed by atoms with Crippen LogP contribution in [-0.4, -0.2) is 56.6 Å². The molecular weight excluding hydrogens is 396 g/mol. The number of fused-ring (bicyclic) bond motifs is 1. The SMILES string of the molecule is N#CC(c1ccnc(NCCCC(=O)N2CCC(O)CC2)n1)c1nc2ccccc2o1. The molecule has 3 aromatic rings. The van der Waals surface area contributed by atoms with E-state index in [9.17, 15) is 15.2 Å². The number of aliphatic hydroxyl groups is 1. The average Bonchev–Trinajstić information content (AvgIpc) is 3.21. The Morgan fingerprint density at radius 2 is 2.10 bits per heavy atom. The molecule has 0 spiro atoms. The third kappa shape index (κ3) is 4.98. The lowest BCUT2D eigenvalue weighted by molar-refractivity contribution is -0.133. The fraction of sp³-hybridized carbons (Fsp3) is 0.409. The van der Waals surface area contributed by atoms with Crippen molar-refractivity contribution >= 4 is 23.0 Å². The molecule has 0 aliphatic carbocycles. The number of aromatic nitrogens is 3. The van der Waals surface area contributed by atoms with Crippen molar-refractivity contribution in [3.05, 3.63) is 48.1 Å². The van der Waals surface area contributed by atoms with Gasteiger partial charge in [0.15, 0.2) is 11.5 Å². The lowest BCUT2D eigenvalue weighted by Gasteiger charge is -2.29. The van der Waals surface area contributed by atoms with Crippen molar-refractivity contribution < 1.29 is 14.3 Å². The van der Waals surface area contributed by atoms with E-state index in [0.29, 0.717) is 74.0 Å². The number of nitrogens with zero attached hydrogens (tertiary/aromatic N) is 5. The molecule has 9 nitrogen and oxygen atoms in total. The second-order valence-electron chi connectivity index (χ2n) is 7.53. The highest BCUT2D eigenvalue weighted by Crippen LogP contribution is 2.26. The minimum Gasteiger partial charge on any atom is -0.439 e. The summed E-state index contributed by atoms with van der Waals surface area (Å²) in [6, 6.07) is 11.2. The number of rotatable bonds is 7. The van der Waals surface area contributed by atoms with Crippen LogP contribution in [0.15, 0.2) is 40.9 Å². The summed E-state index contributed by atoms with van der Waals surface area (Å²) < 4.78 is 5.73. The van der Waals surface area contributed by atoms with Crippen molar-refractivity contribution in [1.82, 2.24) is 19.9 Å². The maximum atomic E-state index is 12.3. The van der Waals surface area contributed by atoms with Crippen LogP contribution in [0.1, 0.15) is 43.2 Å². The third-order valence-corrected chi connectivity index (χ3v) is 5.33. The van der Waals surface area contributed by atoms with Crippen molar-refractivity contribution in [2.75, 3.05) is 25.0 Å². The molecule has 31 heavy (non-hydrogen) atoms. The molecule has 0 radical (unpaired) electrons. The van der Waals surface area contributed by atoms with Gasteiger partial charge >= 0.3 is 0 Å². The fourth-order valence-electron chi connectivity index (χ4n) is 3.59. The topological polar surface area (TPSA) is 128 Å². The first kappa shape index (κ1) is 20.8. The van der Waals surface area contributed by atoms with Crippen LogP contribution in [0.4, 0.5) is 5.95 Å². The van der Waals surface area contributed by atoms with E-state index in [2.05, 4.69) is 26.3 Å². The van der Waals surface area contributed by atoms with E-state index in [1.807, 2.05) is 23.1 Å². The Kier molecular flexibility index (Phi) is 6.38. The van der Waals surface area contributed by atoms with Gasteiger partial charge in [0.1, 0.15) is 5.52 Å². The number of carbonyl (C=O) groups is 1. The van der Waals surface area contributed by atoms with Crippen molar-refractivity contribution in [2.24, 2.45) is 0 Å². The highest BCUT2D eigenvalue weighted by atomic mass is 16.3. The largest absolute Gasteiger partial charge is 0.439 e. The molecule has 2 aromatic heterocycles. The number of hydrogen-bond acceptors (Lipinski definition) is 8. The van der Waals surface area contributed by atoms with Crippen LogP contribution in [0.25, 0.3) is 11.1 Å². The summed E-state index contributed by atoms with van der Waals surface area (Å²) in [7, 11) is 0. The highest BCUT2D eigenvalue weighted by Gasteiger charge is 2.22. The van der Waals surface area contributed by atoms with Crippen LogP contribution < -0.4 is 5.32 Å². The molecule has 3 heterocycles. The van der Waals surface area contributed by atoms with E-state index in [0.717, 1.165) is 0 Å². The zero-order valence-electron chi connectivity index (χ0n) is 17.1. The lowest BCUT2D eigenvalue weighted by atomic mass is 10.1. The molecule has 1 saturated heterocycles. The monoisotopic (exact) mass is 420 g/mol. The van der Waals surface area contributed by atoms with Gasteiger partial charge in [-0.3, -0.25) is 4.79 Å². The number of nitriles is 1. The first-order chi connectivity index (χ1) is 15.1. The molecule has 1 fully saturated rings. The van der Waals surface area contributed by atoms with Crippen LogP contribution >= 0.6 is 0 Å². The molecule has 1 aliphatic rings. The number of likely N-dealkylation sites (tertiary alicyclic amines) is 1. The van der Waals surface area contributed by atoms with Gasteiger partial charge in [-0.15, -0.1) is 0 Å². The molecule has 1 aromatic carbocycles. The minimum atomic E-state index is -0.744. The summed E-state index contributed by atoms with van der Waals surface area (Å²) in [4.78, 5) is 27.1. The van der Waals surface area contributed by atoms with Crippen molar-refractivity contribution in [2.45, 2.75) is 37.7 Å². The van der Waals surface area contributed by atoms with Gasteiger partial charge in [0.2, 0.25) is 17.7 Å². The lowest BCUT2D eigenvalue weighted by Crippen LogP contribution is -2.40. The number of oxazole rings is 1. The van der Waals surface area contributed by atoms with Gasteiger partial charge in [0.05, 0.1) is 17.9 Å². The Labute approximate surface area is 179 Å². The Morgan fingerprint density at radius 3 is 2.87 bits per heavy atom. The first-order valence-electron chi connectivity index (χ1n) is 10.4. The molecule has 1 aliphatic heterocycles.